The maximum Gasteiger partial charge on any atom is 0.307 e. The molecule has 0 amide bonds. The molecule has 1 aliphatic rings. The molecule has 2 aromatic carbocycles. The summed E-state index contributed by atoms with van der Waals surface area (Å²) in [6.07, 6.45) is 1.94. The molecule has 0 aliphatic carbocycles. The number of benzene rings is 2. The highest BCUT2D eigenvalue weighted by atomic mass is 32.2. The van der Waals surface area contributed by atoms with Gasteiger partial charge in [-0.2, -0.15) is 0 Å². The van der Waals surface area contributed by atoms with Gasteiger partial charge in [0.1, 0.15) is 0 Å². The molecule has 0 saturated heterocycles. The minimum atomic E-state index is -0.878. The summed E-state index contributed by atoms with van der Waals surface area (Å²) in [4.78, 5) is 17.4. The summed E-state index contributed by atoms with van der Waals surface area (Å²) in [5.74, 6) is 0.455. The number of carboxylic acid groups (broad SMARTS) is 1. The van der Waals surface area contributed by atoms with Gasteiger partial charge in [0.2, 0.25) is 6.79 Å². The fraction of sp³-hybridized carbons (Fsp3) is 0.200. The van der Waals surface area contributed by atoms with Gasteiger partial charge in [0, 0.05) is 21.9 Å². The highest BCUT2D eigenvalue weighted by molar-refractivity contribution is 7.98. The first kappa shape index (κ1) is 16.7. The number of hydrogen-bond acceptors (Lipinski definition) is 5. The second-order valence-corrected chi connectivity index (χ2v) is 6.97. The van der Waals surface area contributed by atoms with E-state index >= 15 is 0 Å². The molecule has 0 spiro atoms. The Labute approximate surface area is 155 Å². The van der Waals surface area contributed by atoms with Gasteiger partial charge in [-0.05, 0) is 42.5 Å². The zero-order chi connectivity index (χ0) is 18.3. The van der Waals surface area contributed by atoms with Gasteiger partial charge in [-0.3, -0.25) is 4.79 Å². The Morgan fingerprint density at radius 1 is 1.19 bits per heavy atom. The molecular weight excluding hydrogens is 350 g/mol. The monoisotopic (exact) mass is 367 g/mol. The molecule has 1 N–H and O–H groups in total. The molecular formula is C20H17NO4S. The van der Waals surface area contributed by atoms with Crippen LogP contribution in [0.5, 0.6) is 11.5 Å². The molecule has 0 saturated carbocycles. The van der Waals surface area contributed by atoms with Crippen molar-refractivity contribution < 1.29 is 19.4 Å². The van der Waals surface area contributed by atoms with E-state index < -0.39 is 5.97 Å². The van der Waals surface area contributed by atoms with Crippen LogP contribution >= 0.6 is 11.8 Å². The van der Waals surface area contributed by atoms with Crippen molar-refractivity contribution in [2.45, 2.75) is 18.2 Å². The van der Waals surface area contributed by atoms with Gasteiger partial charge in [0.25, 0.3) is 0 Å². The van der Waals surface area contributed by atoms with Crippen LogP contribution in [0, 0.1) is 6.92 Å². The third kappa shape index (κ3) is 2.86. The molecule has 6 heteroatoms. The second-order valence-electron chi connectivity index (χ2n) is 6.09. The number of thioether (sulfide) groups is 1. The molecule has 0 bridgehead atoms. The van der Waals surface area contributed by atoms with Crippen LogP contribution in [0.2, 0.25) is 0 Å². The largest absolute Gasteiger partial charge is 0.481 e. The Morgan fingerprint density at radius 2 is 1.88 bits per heavy atom. The molecule has 0 atom stereocenters. The van der Waals surface area contributed by atoms with Crippen LogP contribution in [0.1, 0.15) is 11.1 Å². The predicted octanol–water partition coefficient (Wildman–Crippen LogP) is 4.29. The van der Waals surface area contributed by atoms with Crippen LogP contribution in [0.15, 0.2) is 41.3 Å². The number of aromatic nitrogens is 1. The number of fused-ring (bicyclic) bond motifs is 2. The zero-order valence-corrected chi connectivity index (χ0v) is 15.2. The average molecular weight is 367 g/mol. The third-order valence-electron chi connectivity index (χ3n) is 4.56. The van der Waals surface area contributed by atoms with Gasteiger partial charge < -0.3 is 14.6 Å². The predicted molar refractivity (Wildman–Crippen MR) is 101 cm³/mol. The first-order valence-corrected chi connectivity index (χ1v) is 9.38. The van der Waals surface area contributed by atoms with Crippen molar-refractivity contribution in [1.29, 1.82) is 0 Å². The number of pyridine rings is 1. The molecule has 2 heterocycles. The second kappa shape index (κ2) is 6.53. The molecule has 3 aromatic rings. The van der Waals surface area contributed by atoms with Crippen molar-refractivity contribution in [3.63, 3.8) is 0 Å². The summed E-state index contributed by atoms with van der Waals surface area (Å²) < 4.78 is 10.9. The quantitative estimate of drug-likeness (QED) is 0.694. The minimum absolute atomic E-state index is 0.0805. The van der Waals surface area contributed by atoms with E-state index in [1.54, 1.807) is 11.8 Å². The number of aryl methyl sites for hydroxylation is 1. The normalized spacial score (nSPS) is 12.5. The van der Waals surface area contributed by atoms with Crippen LogP contribution in [-0.2, 0) is 11.2 Å². The van der Waals surface area contributed by atoms with Crippen LogP contribution in [0.4, 0.5) is 0 Å². The number of nitrogens with zero attached hydrogens (tertiary/aromatic N) is 1. The van der Waals surface area contributed by atoms with Gasteiger partial charge in [0.15, 0.2) is 11.5 Å². The van der Waals surface area contributed by atoms with Crippen molar-refractivity contribution in [1.82, 2.24) is 4.98 Å². The molecule has 0 radical (unpaired) electrons. The first-order valence-electron chi connectivity index (χ1n) is 8.16. The SMILES string of the molecule is CSc1ccc(-c2nc3cc4c(cc3c(C)c2CC(=O)O)OCO4)cc1. The lowest BCUT2D eigenvalue weighted by Gasteiger charge is -2.14. The van der Waals surface area contributed by atoms with E-state index in [1.165, 1.54) is 0 Å². The maximum absolute atomic E-state index is 11.5. The fourth-order valence-electron chi connectivity index (χ4n) is 3.21. The van der Waals surface area contributed by atoms with E-state index in [4.69, 9.17) is 14.5 Å². The number of aliphatic carboxylic acids is 1. The highest BCUT2D eigenvalue weighted by Crippen LogP contribution is 2.39. The zero-order valence-electron chi connectivity index (χ0n) is 14.4. The molecule has 0 unspecified atom stereocenters. The third-order valence-corrected chi connectivity index (χ3v) is 5.30. The number of ether oxygens (including phenoxy) is 2. The lowest BCUT2D eigenvalue weighted by molar-refractivity contribution is -0.136. The Bertz CT molecular complexity index is 1010. The van der Waals surface area contributed by atoms with Crippen molar-refractivity contribution in [3.05, 3.63) is 47.5 Å². The summed E-state index contributed by atoms with van der Waals surface area (Å²) >= 11 is 1.66. The maximum atomic E-state index is 11.5. The van der Waals surface area contributed by atoms with E-state index in [9.17, 15) is 9.90 Å². The standard InChI is InChI=1S/C20H17NO4S/c1-11-14-7-17-18(25-10-24-17)9-16(14)21-20(15(11)8-19(22)23)12-3-5-13(26-2)6-4-12/h3-7,9H,8,10H2,1-2H3,(H,22,23). The Hall–Kier alpha value is -2.73. The Morgan fingerprint density at radius 3 is 2.54 bits per heavy atom. The molecule has 1 aliphatic heterocycles. The first-order chi connectivity index (χ1) is 12.6. The molecule has 1 aromatic heterocycles. The van der Waals surface area contributed by atoms with Crippen LogP contribution < -0.4 is 9.47 Å². The summed E-state index contributed by atoms with van der Waals surface area (Å²) in [7, 11) is 0. The van der Waals surface area contributed by atoms with E-state index in [1.807, 2.05) is 49.6 Å². The fourth-order valence-corrected chi connectivity index (χ4v) is 3.62. The minimum Gasteiger partial charge on any atom is -0.481 e. The van der Waals surface area contributed by atoms with E-state index in [2.05, 4.69) is 0 Å². The smallest absolute Gasteiger partial charge is 0.307 e. The average Bonchev–Trinajstić information content (AvgIpc) is 3.10. The highest BCUT2D eigenvalue weighted by Gasteiger charge is 2.20. The van der Waals surface area contributed by atoms with Crippen LogP contribution in [-0.4, -0.2) is 29.1 Å². The van der Waals surface area contributed by atoms with E-state index in [-0.39, 0.29) is 13.2 Å². The molecule has 132 valence electrons. The van der Waals surface area contributed by atoms with Gasteiger partial charge >= 0.3 is 5.97 Å². The van der Waals surface area contributed by atoms with Gasteiger partial charge in [-0.25, -0.2) is 4.98 Å². The molecule has 0 fully saturated rings. The van der Waals surface area contributed by atoms with E-state index in [0.29, 0.717) is 17.2 Å². The number of carboxylic acids is 1. The van der Waals surface area contributed by atoms with Gasteiger partial charge in [0.05, 0.1) is 17.6 Å². The molecule has 5 nitrogen and oxygen atoms in total. The van der Waals surface area contributed by atoms with Gasteiger partial charge in [-0.1, -0.05) is 12.1 Å². The molecule has 4 rings (SSSR count). The topological polar surface area (TPSA) is 68.7 Å². The summed E-state index contributed by atoms with van der Waals surface area (Å²) in [5, 5.41) is 10.3. The lowest BCUT2D eigenvalue weighted by Crippen LogP contribution is -2.06. The van der Waals surface area contributed by atoms with Crippen molar-refractivity contribution >= 4 is 28.6 Å². The number of hydrogen-bond donors (Lipinski definition) is 1. The summed E-state index contributed by atoms with van der Waals surface area (Å²) in [5.41, 5.74) is 4.00. The van der Waals surface area contributed by atoms with Crippen LogP contribution in [0.3, 0.4) is 0 Å². The number of rotatable bonds is 4. The summed E-state index contributed by atoms with van der Waals surface area (Å²) in [6, 6.07) is 11.7. The Kier molecular flexibility index (Phi) is 4.20. The lowest BCUT2D eigenvalue weighted by atomic mass is 9.95. The van der Waals surface area contributed by atoms with E-state index in [0.717, 1.165) is 32.5 Å². The summed E-state index contributed by atoms with van der Waals surface area (Å²) in [6.45, 7) is 2.12. The van der Waals surface area contributed by atoms with Crippen LogP contribution in [0.25, 0.3) is 22.2 Å². The van der Waals surface area contributed by atoms with Crippen molar-refractivity contribution in [2.24, 2.45) is 0 Å². The van der Waals surface area contributed by atoms with Crippen molar-refractivity contribution in [3.8, 4) is 22.8 Å². The van der Waals surface area contributed by atoms with Crippen molar-refractivity contribution in [2.75, 3.05) is 13.0 Å². The van der Waals surface area contributed by atoms with Gasteiger partial charge in [-0.15, -0.1) is 11.8 Å². The molecule has 26 heavy (non-hydrogen) atoms. The number of carbonyl (C=O) groups is 1. The Balaban J connectivity index is 1.96.